The number of rotatable bonds is 6. The van der Waals surface area contributed by atoms with Crippen LogP contribution in [0.5, 0.6) is 5.75 Å². The van der Waals surface area contributed by atoms with Gasteiger partial charge in [-0.15, -0.1) is 0 Å². The lowest BCUT2D eigenvalue weighted by Gasteiger charge is -2.10. The van der Waals surface area contributed by atoms with Gasteiger partial charge in [-0.25, -0.2) is 4.39 Å². The summed E-state index contributed by atoms with van der Waals surface area (Å²) < 4.78 is 24.3. The van der Waals surface area contributed by atoms with Crippen LogP contribution in [0.2, 0.25) is 0 Å². The molecule has 0 aromatic heterocycles. The third kappa shape index (κ3) is 3.43. The highest BCUT2D eigenvalue weighted by molar-refractivity contribution is 5.30. The molecule has 1 heterocycles. The molecule has 1 aromatic rings. The first-order chi connectivity index (χ1) is 8.81. The van der Waals surface area contributed by atoms with Crippen LogP contribution in [-0.2, 0) is 11.3 Å². The van der Waals surface area contributed by atoms with Gasteiger partial charge in [0, 0.05) is 12.2 Å². The van der Waals surface area contributed by atoms with Gasteiger partial charge in [0.1, 0.15) is 0 Å². The van der Waals surface area contributed by atoms with E-state index >= 15 is 0 Å². The maximum atomic E-state index is 13.8. The fourth-order valence-electron chi connectivity index (χ4n) is 2.22. The molecule has 1 N–H and O–H groups in total. The number of benzene rings is 1. The molecule has 2 rings (SSSR count). The van der Waals surface area contributed by atoms with Crippen LogP contribution in [0.4, 0.5) is 4.39 Å². The summed E-state index contributed by atoms with van der Waals surface area (Å²) in [6, 6.07) is 5.12. The molecular weight excluding hydrogens is 233 g/mol. The molecule has 1 aliphatic rings. The average molecular weight is 253 g/mol. The fraction of sp³-hybridized carbons (Fsp3) is 0.571. The van der Waals surface area contributed by atoms with E-state index in [9.17, 15) is 4.39 Å². The Labute approximate surface area is 107 Å². The minimum absolute atomic E-state index is 0.274. The number of ether oxygens (including phenoxy) is 2. The fourth-order valence-corrected chi connectivity index (χ4v) is 2.22. The smallest absolute Gasteiger partial charge is 0.170 e. The summed E-state index contributed by atoms with van der Waals surface area (Å²) in [5.74, 6) is 0.666. The van der Waals surface area contributed by atoms with Crippen molar-refractivity contribution in [3.63, 3.8) is 0 Å². The van der Waals surface area contributed by atoms with Crippen molar-refractivity contribution in [2.45, 2.75) is 19.4 Å². The molecule has 1 aromatic carbocycles. The molecule has 18 heavy (non-hydrogen) atoms. The third-order valence-corrected chi connectivity index (χ3v) is 3.35. The maximum Gasteiger partial charge on any atom is 0.170 e. The van der Waals surface area contributed by atoms with Gasteiger partial charge in [-0.05, 0) is 37.9 Å². The maximum absolute atomic E-state index is 13.8. The van der Waals surface area contributed by atoms with Gasteiger partial charge in [-0.1, -0.05) is 12.1 Å². The van der Waals surface area contributed by atoms with Crippen molar-refractivity contribution in [2.75, 3.05) is 26.8 Å². The molecule has 0 bridgehead atoms. The van der Waals surface area contributed by atoms with Gasteiger partial charge >= 0.3 is 0 Å². The minimum atomic E-state index is -0.317. The van der Waals surface area contributed by atoms with Crippen molar-refractivity contribution < 1.29 is 13.9 Å². The predicted octanol–water partition coefficient (Wildman–Crippen LogP) is 2.35. The second-order valence-electron chi connectivity index (χ2n) is 4.63. The van der Waals surface area contributed by atoms with Crippen LogP contribution in [0.3, 0.4) is 0 Å². The lowest BCUT2D eigenvalue weighted by molar-refractivity contribution is 0.106. The van der Waals surface area contributed by atoms with Crippen molar-refractivity contribution >= 4 is 0 Å². The second kappa shape index (κ2) is 6.71. The molecule has 1 atom stereocenters. The predicted molar refractivity (Wildman–Crippen MR) is 68.2 cm³/mol. The van der Waals surface area contributed by atoms with E-state index in [-0.39, 0.29) is 11.6 Å². The lowest BCUT2D eigenvalue weighted by atomic mass is 10.1. The van der Waals surface area contributed by atoms with Gasteiger partial charge in [-0.3, -0.25) is 0 Å². The Bertz CT molecular complexity index is 378. The molecule has 0 aliphatic carbocycles. The van der Waals surface area contributed by atoms with Crippen molar-refractivity contribution in [1.29, 1.82) is 0 Å². The summed E-state index contributed by atoms with van der Waals surface area (Å²) in [6.45, 7) is 3.18. The average Bonchev–Trinajstić information content (AvgIpc) is 2.89. The van der Waals surface area contributed by atoms with Crippen LogP contribution in [-0.4, -0.2) is 26.8 Å². The first-order valence-corrected chi connectivity index (χ1v) is 6.41. The highest BCUT2D eigenvalue weighted by Crippen LogP contribution is 2.20. The summed E-state index contributed by atoms with van der Waals surface area (Å²) in [7, 11) is 1.47. The van der Waals surface area contributed by atoms with Crippen LogP contribution in [0.15, 0.2) is 18.2 Å². The first kappa shape index (κ1) is 13.3. The number of methoxy groups -OCH3 is 1. The molecule has 0 amide bonds. The Balaban J connectivity index is 1.75. The van der Waals surface area contributed by atoms with Gasteiger partial charge in [0.2, 0.25) is 0 Å². The normalized spacial score (nSPS) is 19.1. The van der Waals surface area contributed by atoms with Crippen molar-refractivity contribution in [3.8, 4) is 5.75 Å². The van der Waals surface area contributed by atoms with Gasteiger partial charge < -0.3 is 14.8 Å². The quantitative estimate of drug-likeness (QED) is 0.789. The molecule has 1 unspecified atom stereocenters. The molecule has 0 spiro atoms. The number of hydrogen-bond acceptors (Lipinski definition) is 3. The van der Waals surface area contributed by atoms with Crippen molar-refractivity contribution in [2.24, 2.45) is 5.92 Å². The first-order valence-electron chi connectivity index (χ1n) is 6.41. The van der Waals surface area contributed by atoms with E-state index in [2.05, 4.69) is 5.32 Å². The Morgan fingerprint density at radius 3 is 3.06 bits per heavy atom. The topological polar surface area (TPSA) is 30.5 Å². The molecule has 1 saturated heterocycles. The van der Waals surface area contributed by atoms with E-state index in [4.69, 9.17) is 9.47 Å². The third-order valence-electron chi connectivity index (χ3n) is 3.35. The highest BCUT2D eigenvalue weighted by Gasteiger charge is 2.14. The standard InChI is InChI=1S/C14H20FNO2/c1-17-13-4-2-3-12(14(13)15)10-18-8-6-11-5-7-16-9-11/h2-4,11,16H,5-10H2,1H3. The van der Waals surface area contributed by atoms with Gasteiger partial charge in [-0.2, -0.15) is 0 Å². The summed E-state index contributed by atoms with van der Waals surface area (Å²) in [4.78, 5) is 0. The van der Waals surface area contributed by atoms with E-state index < -0.39 is 0 Å². The Morgan fingerprint density at radius 1 is 1.44 bits per heavy atom. The summed E-state index contributed by atoms with van der Waals surface area (Å²) in [6.07, 6.45) is 2.26. The molecule has 1 aliphatic heterocycles. The van der Waals surface area contributed by atoms with E-state index in [1.807, 2.05) is 0 Å². The Hall–Kier alpha value is -1.13. The van der Waals surface area contributed by atoms with Gasteiger partial charge in [0.15, 0.2) is 11.6 Å². The molecule has 0 saturated carbocycles. The van der Waals surface area contributed by atoms with Crippen LogP contribution in [0.1, 0.15) is 18.4 Å². The molecule has 100 valence electrons. The Kier molecular flexibility index (Phi) is 4.96. The minimum Gasteiger partial charge on any atom is -0.494 e. The Morgan fingerprint density at radius 2 is 2.33 bits per heavy atom. The van der Waals surface area contributed by atoms with Crippen LogP contribution < -0.4 is 10.1 Å². The molecular formula is C14H20FNO2. The zero-order chi connectivity index (χ0) is 12.8. The summed E-state index contributed by atoms with van der Waals surface area (Å²) >= 11 is 0. The zero-order valence-electron chi connectivity index (χ0n) is 10.7. The van der Waals surface area contributed by atoms with Crippen molar-refractivity contribution in [1.82, 2.24) is 5.32 Å². The lowest BCUT2D eigenvalue weighted by Crippen LogP contribution is -2.11. The summed E-state index contributed by atoms with van der Waals surface area (Å²) in [5.41, 5.74) is 0.555. The van der Waals surface area contributed by atoms with Gasteiger partial charge in [0.05, 0.1) is 13.7 Å². The SMILES string of the molecule is COc1cccc(COCCC2CCNC2)c1F. The second-order valence-corrected chi connectivity index (χ2v) is 4.63. The van der Waals surface area contributed by atoms with Crippen LogP contribution in [0, 0.1) is 11.7 Å². The molecule has 1 fully saturated rings. The number of hydrogen-bond donors (Lipinski definition) is 1. The molecule has 3 nitrogen and oxygen atoms in total. The van der Waals surface area contributed by atoms with E-state index in [1.165, 1.54) is 13.5 Å². The van der Waals surface area contributed by atoms with Crippen LogP contribution >= 0.6 is 0 Å². The van der Waals surface area contributed by atoms with Crippen molar-refractivity contribution in [3.05, 3.63) is 29.6 Å². The monoisotopic (exact) mass is 253 g/mol. The van der Waals surface area contributed by atoms with Gasteiger partial charge in [0.25, 0.3) is 0 Å². The molecule has 4 heteroatoms. The number of halogens is 1. The highest BCUT2D eigenvalue weighted by atomic mass is 19.1. The van der Waals surface area contributed by atoms with E-state index in [0.717, 1.165) is 19.5 Å². The van der Waals surface area contributed by atoms with Crippen LogP contribution in [0.25, 0.3) is 0 Å². The van der Waals surface area contributed by atoms with E-state index in [1.54, 1.807) is 18.2 Å². The largest absolute Gasteiger partial charge is 0.494 e. The van der Waals surface area contributed by atoms with E-state index in [0.29, 0.717) is 24.7 Å². The molecule has 0 radical (unpaired) electrons. The zero-order valence-corrected chi connectivity index (χ0v) is 10.7. The number of nitrogens with one attached hydrogen (secondary N) is 1. The summed E-state index contributed by atoms with van der Waals surface area (Å²) in [5, 5.41) is 3.32.